The second-order valence-corrected chi connectivity index (χ2v) is 7.13. The maximum atomic E-state index is 2.46. The molecule has 0 spiro atoms. The number of rotatable bonds is 3. The van der Waals surface area contributed by atoms with E-state index in [1.807, 2.05) is 0 Å². The van der Waals surface area contributed by atoms with E-state index in [1.165, 1.54) is 24.6 Å². The topological polar surface area (TPSA) is 0 Å². The Balaban J connectivity index is 0.00000128. The van der Waals surface area contributed by atoms with E-state index in [0.717, 1.165) is 14.5 Å². The number of hydrogen-bond acceptors (Lipinski definition) is 0. The van der Waals surface area contributed by atoms with Crippen LogP contribution in [0.15, 0.2) is 30.3 Å². The van der Waals surface area contributed by atoms with Crippen LogP contribution in [0.2, 0.25) is 0 Å². The van der Waals surface area contributed by atoms with Crippen LogP contribution in [0.5, 0.6) is 0 Å². The van der Waals surface area contributed by atoms with E-state index in [2.05, 4.69) is 50.6 Å². The average molecular weight is 226 g/mol. The maximum absolute atomic E-state index is 2.46. The van der Waals surface area contributed by atoms with Crippen LogP contribution in [0.1, 0.15) is 33.1 Å². The quantitative estimate of drug-likeness (QED) is 0.406. The summed E-state index contributed by atoms with van der Waals surface area (Å²) in [4.78, 5) is 0. The summed E-state index contributed by atoms with van der Waals surface area (Å²) < 4.78 is 0. The van der Waals surface area contributed by atoms with Crippen LogP contribution < -0.4 is 24.2 Å². The van der Waals surface area contributed by atoms with Crippen LogP contribution in [0.4, 0.5) is 0 Å². The van der Waals surface area contributed by atoms with Crippen LogP contribution in [0, 0.1) is 12.3 Å². The first-order chi connectivity index (χ1) is 7.18. The smallest absolute Gasteiger partial charge is 0.328 e. The van der Waals surface area contributed by atoms with Gasteiger partial charge in [0.2, 0.25) is 0 Å². The minimum Gasteiger partial charge on any atom is -0.328 e. The van der Waals surface area contributed by atoms with Gasteiger partial charge in [-0.05, 0) is 10.5 Å². The van der Waals surface area contributed by atoms with Crippen LogP contribution in [-0.4, -0.2) is 5.16 Å². The fraction of sp³-hybridized carbons (Fsp3) is 0.500. The second-order valence-electron chi connectivity index (χ2n) is 5.01. The van der Waals surface area contributed by atoms with E-state index in [-0.39, 0.29) is 18.9 Å². The number of hydrogen-bond donors (Lipinski definition) is 0. The molecule has 0 aliphatic heterocycles. The fourth-order valence-electron chi connectivity index (χ4n) is 2.41. The van der Waals surface area contributed by atoms with E-state index in [0.29, 0.717) is 5.16 Å². The second kappa shape index (κ2) is 6.25. The predicted octanol–water partition coefficient (Wildman–Crippen LogP) is 0.777. The molecule has 2 atom stereocenters. The zero-order valence-corrected chi connectivity index (χ0v) is 11.7. The molecule has 2 heteroatoms. The first-order valence-corrected chi connectivity index (χ1v) is 6.83. The molecule has 1 aromatic carbocycles. The summed E-state index contributed by atoms with van der Waals surface area (Å²) in [5.74, 6) is 0.899. The van der Waals surface area contributed by atoms with Crippen molar-refractivity contribution in [3.8, 4) is 0 Å². The van der Waals surface area contributed by atoms with E-state index in [9.17, 15) is 0 Å². The molecule has 1 aliphatic rings. The SMILES string of the molecule is CC(C)(Pc1ccccc1)C1C[CH-]CC1.[Li+]. The van der Waals surface area contributed by atoms with Crippen LogP contribution in [0.25, 0.3) is 0 Å². The Morgan fingerprint density at radius 2 is 1.94 bits per heavy atom. The molecule has 0 bridgehead atoms. The van der Waals surface area contributed by atoms with Crippen molar-refractivity contribution < 1.29 is 18.9 Å². The largest absolute Gasteiger partial charge is 1.00 e. The Labute approximate surface area is 114 Å². The third-order valence-corrected chi connectivity index (χ3v) is 5.11. The molecule has 16 heavy (non-hydrogen) atoms. The molecule has 2 unspecified atom stereocenters. The molecule has 0 aromatic heterocycles. The van der Waals surface area contributed by atoms with Gasteiger partial charge in [0.05, 0.1) is 0 Å². The minimum atomic E-state index is 0. The molecule has 1 saturated carbocycles. The van der Waals surface area contributed by atoms with Gasteiger partial charge in [0.15, 0.2) is 0 Å². The third-order valence-electron chi connectivity index (χ3n) is 3.43. The molecule has 1 fully saturated rings. The van der Waals surface area contributed by atoms with E-state index in [4.69, 9.17) is 0 Å². The first kappa shape index (κ1) is 14.3. The molecule has 1 aliphatic carbocycles. The van der Waals surface area contributed by atoms with Crippen molar-refractivity contribution in [1.29, 1.82) is 0 Å². The van der Waals surface area contributed by atoms with Gasteiger partial charge in [-0.2, -0.15) is 12.8 Å². The summed E-state index contributed by atoms with van der Waals surface area (Å²) in [7, 11) is 0.945. The average Bonchev–Trinajstić information content (AvgIpc) is 2.71. The molecule has 0 N–H and O–H groups in total. The van der Waals surface area contributed by atoms with E-state index < -0.39 is 0 Å². The molecule has 1 aromatic rings. The Morgan fingerprint density at radius 1 is 1.25 bits per heavy atom. The van der Waals surface area contributed by atoms with Crippen LogP contribution in [-0.2, 0) is 0 Å². The van der Waals surface area contributed by atoms with Crippen molar-refractivity contribution in [2.45, 2.75) is 38.3 Å². The van der Waals surface area contributed by atoms with Crippen molar-refractivity contribution in [3.05, 3.63) is 36.8 Å². The Morgan fingerprint density at radius 3 is 2.50 bits per heavy atom. The molecule has 2 rings (SSSR count). The van der Waals surface area contributed by atoms with Gasteiger partial charge in [0.25, 0.3) is 0 Å². The first-order valence-electron chi connectivity index (χ1n) is 5.83. The van der Waals surface area contributed by atoms with Gasteiger partial charge in [-0.3, -0.25) is 0 Å². The van der Waals surface area contributed by atoms with Gasteiger partial charge in [0.1, 0.15) is 0 Å². The summed E-state index contributed by atoms with van der Waals surface area (Å²) in [6.07, 6.45) is 6.51. The summed E-state index contributed by atoms with van der Waals surface area (Å²) in [6.45, 7) is 4.87. The normalized spacial score (nSPS) is 21.2. The van der Waals surface area contributed by atoms with Gasteiger partial charge in [-0.25, -0.2) is 0 Å². The Hall–Kier alpha value is 0.247. The monoisotopic (exact) mass is 226 g/mol. The Kier molecular flexibility index (Phi) is 5.59. The molecule has 0 amide bonds. The van der Waals surface area contributed by atoms with Gasteiger partial charge >= 0.3 is 18.9 Å². The third kappa shape index (κ3) is 3.63. The zero-order chi connectivity index (χ0) is 10.7. The standard InChI is InChI=1S/C14H20P.Li/c1-14(2,12-8-6-7-9-12)15-13-10-4-3-5-11-13;/h3-6,10-12,15H,7-9H2,1-2H3;/q-1;+1. The Bertz CT molecular complexity index is 302. The summed E-state index contributed by atoms with van der Waals surface area (Å²) in [5, 5.41) is 1.99. The summed E-state index contributed by atoms with van der Waals surface area (Å²) >= 11 is 0. The van der Waals surface area contributed by atoms with Crippen molar-refractivity contribution in [1.82, 2.24) is 0 Å². The molecular formula is C14H20LiP. The van der Waals surface area contributed by atoms with Gasteiger partial charge in [-0.1, -0.05) is 65.1 Å². The van der Waals surface area contributed by atoms with Gasteiger partial charge in [-0.15, -0.1) is 0 Å². The van der Waals surface area contributed by atoms with E-state index >= 15 is 0 Å². The van der Waals surface area contributed by atoms with E-state index in [1.54, 1.807) is 0 Å². The summed E-state index contributed by atoms with van der Waals surface area (Å²) in [5.41, 5.74) is 0. The van der Waals surface area contributed by atoms with Crippen LogP contribution in [0.3, 0.4) is 0 Å². The maximum Gasteiger partial charge on any atom is 1.00 e. The molecule has 0 radical (unpaired) electrons. The van der Waals surface area contributed by atoms with Gasteiger partial charge in [0, 0.05) is 0 Å². The molecule has 0 saturated heterocycles. The van der Waals surface area contributed by atoms with Crippen molar-refractivity contribution in [2.24, 2.45) is 5.92 Å². The predicted molar refractivity (Wildman–Crippen MR) is 70.1 cm³/mol. The van der Waals surface area contributed by atoms with Gasteiger partial charge < -0.3 is 6.42 Å². The molecule has 82 valence electrons. The summed E-state index contributed by atoms with van der Waals surface area (Å²) in [6, 6.07) is 10.9. The number of benzene rings is 1. The molecular weight excluding hydrogens is 206 g/mol. The van der Waals surface area contributed by atoms with Crippen molar-refractivity contribution in [3.63, 3.8) is 0 Å². The van der Waals surface area contributed by atoms with Crippen molar-refractivity contribution >= 4 is 13.9 Å². The van der Waals surface area contributed by atoms with Crippen LogP contribution >= 0.6 is 8.58 Å². The molecule has 0 heterocycles. The minimum absolute atomic E-state index is 0. The molecule has 0 nitrogen and oxygen atoms in total. The fourth-order valence-corrected chi connectivity index (χ4v) is 3.98. The zero-order valence-electron chi connectivity index (χ0n) is 10.7. The van der Waals surface area contributed by atoms with Crippen molar-refractivity contribution in [2.75, 3.05) is 0 Å².